The molecule has 0 radical (unpaired) electrons. The Morgan fingerprint density at radius 1 is 0.714 bits per heavy atom. The second-order valence-corrected chi connectivity index (χ2v) is 7.06. The number of ether oxygens (including phenoxy) is 2. The van der Waals surface area contributed by atoms with Gasteiger partial charge in [0.1, 0.15) is 0 Å². The average molecular weight is 294 g/mol. The van der Waals surface area contributed by atoms with E-state index in [4.69, 9.17) is 9.47 Å². The van der Waals surface area contributed by atoms with Gasteiger partial charge < -0.3 is 9.47 Å². The third kappa shape index (κ3) is 2.36. The molecule has 2 heterocycles. The second-order valence-electron chi connectivity index (χ2n) is 7.06. The highest BCUT2D eigenvalue weighted by molar-refractivity contribution is 5.97. The van der Waals surface area contributed by atoms with Crippen molar-refractivity contribution in [2.24, 2.45) is 29.1 Å². The molecule has 2 aliphatic heterocycles. The van der Waals surface area contributed by atoms with Crippen LogP contribution >= 0.6 is 0 Å². The first-order valence-corrected chi connectivity index (χ1v) is 7.29. The average Bonchev–Trinajstić information content (AvgIpc) is 2.78. The Labute approximate surface area is 122 Å². The summed E-state index contributed by atoms with van der Waals surface area (Å²) in [5.74, 6) is -3.88. The largest absolute Gasteiger partial charge is 0.393 e. The number of hydrogen-bond acceptors (Lipinski definition) is 6. The zero-order chi connectivity index (χ0) is 15.4. The van der Waals surface area contributed by atoms with Gasteiger partial charge in [-0.05, 0) is 31.1 Å². The lowest BCUT2D eigenvalue weighted by atomic mass is 9.73. The summed E-state index contributed by atoms with van der Waals surface area (Å²) in [5.41, 5.74) is -0.344. The first kappa shape index (κ1) is 14.2. The predicted octanol–water partition coefficient (Wildman–Crippen LogP) is 1.22. The first-order valence-electron chi connectivity index (χ1n) is 7.29. The minimum absolute atomic E-state index is 0.344. The van der Waals surface area contributed by atoms with E-state index in [1.54, 1.807) is 0 Å². The zero-order valence-electron chi connectivity index (χ0n) is 12.1. The molecule has 3 aliphatic rings. The summed E-state index contributed by atoms with van der Waals surface area (Å²) < 4.78 is 9.50. The van der Waals surface area contributed by atoms with Crippen LogP contribution in [-0.4, -0.2) is 23.9 Å². The Morgan fingerprint density at radius 2 is 1.05 bits per heavy atom. The highest BCUT2D eigenvalue weighted by Gasteiger charge is 2.52. The molecule has 0 amide bonds. The van der Waals surface area contributed by atoms with Gasteiger partial charge in [-0.15, -0.1) is 0 Å². The van der Waals surface area contributed by atoms with Gasteiger partial charge in [0.25, 0.3) is 0 Å². The van der Waals surface area contributed by atoms with Crippen LogP contribution in [0, 0.1) is 29.1 Å². The van der Waals surface area contributed by atoms with E-state index < -0.39 is 47.5 Å². The second kappa shape index (κ2) is 4.64. The molecule has 3 rings (SSSR count). The van der Waals surface area contributed by atoms with Gasteiger partial charge in [-0.3, -0.25) is 19.2 Å². The van der Waals surface area contributed by atoms with Crippen LogP contribution in [0.5, 0.6) is 0 Å². The molecule has 3 fully saturated rings. The monoisotopic (exact) mass is 294 g/mol. The van der Waals surface area contributed by atoms with Crippen molar-refractivity contribution in [3.63, 3.8) is 0 Å². The smallest absolute Gasteiger partial charge is 0.317 e. The third-order valence-corrected chi connectivity index (χ3v) is 4.92. The van der Waals surface area contributed by atoms with Crippen LogP contribution in [0.3, 0.4) is 0 Å². The first-order chi connectivity index (χ1) is 9.78. The molecular formula is C15H18O6. The van der Waals surface area contributed by atoms with Crippen molar-refractivity contribution in [3.8, 4) is 0 Å². The Morgan fingerprint density at radius 3 is 1.43 bits per heavy atom. The van der Waals surface area contributed by atoms with Crippen LogP contribution in [0.4, 0.5) is 0 Å². The quantitative estimate of drug-likeness (QED) is 0.493. The Bertz CT molecular complexity index is 488. The van der Waals surface area contributed by atoms with E-state index >= 15 is 0 Å². The van der Waals surface area contributed by atoms with Crippen LogP contribution in [0.15, 0.2) is 0 Å². The molecule has 0 aromatic rings. The van der Waals surface area contributed by atoms with Crippen LogP contribution in [0.25, 0.3) is 0 Å². The van der Waals surface area contributed by atoms with E-state index in [2.05, 4.69) is 0 Å². The van der Waals surface area contributed by atoms with Gasteiger partial charge in [-0.2, -0.15) is 0 Å². The van der Waals surface area contributed by atoms with Crippen molar-refractivity contribution in [1.82, 2.24) is 0 Å². The molecule has 0 bridgehead atoms. The van der Waals surface area contributed by atoms with Crippen molar-refractivity contribution in [2.75, 3.05) is 0 Å². The van der Waals surface area contributed by atoms with Crippen LogP contribution in [0.2, 0.25) is 0 Å². The maximum absolute atomic E-state index is 11.9. The van der Waals surface area contributed by atoms with Crippen molar-refractivity contribution < 1.29 is 28.7 Å². The summed E-state index contributed by atoms with van der Waals surface area (Å²) in [6.07, 6.45) is 1.73. The van der Waals surface area contributed by atoms with Crippen LogP contribution < -0.4 is 0 Å². The standard InChI is InChI=1S/C15H18O6/c1-15(2)5-9-7(11(16)20-13(9)18)3-4-8-10(6-15)14(19)21-12(8)17/h7-10H,3-6H2,1-2H3. The van der Waals surface area contributed by atoms with Crippen molar-refractivity contribution in [2.45, 2.75) is 39.5 Å². The molecule has 0 aromatic carbocycles. The van der Waals surface area contributed by atoms with Crippen LogP contribution in [-0.2, 0) is 28.7 Å². The molecule has 4 unspecified atom stereocenters. The van der Waals surface area contributed by atoms with Crippen molar-refractivity contribution in [1.29, 1.82) is 0 Å². The van der Waals surface area contributed by atoms with Crippen molar-refractivity contribution >= 4 is 23.9 Å². The molecule has 1 aliphatic carbocycles. The molecule has 114 valence electrons. The molecule has 1 saturated carbocycles. The molecule has 0 N–H and O–H groups in total. The minimum Gasteiger partial charge on any atom is -0.393 e. The summed E-state index contributed by atoms with van der Waals surface area (Å²) in [5, 5.41) is 0. The molecule has 4 atom stereocenters. The molecular weight excluding hydrogens is 276 g/mol. The van der Waals surface area contributed by atoms with Gasteiger partial charge in [0.15, 0.2) is 0 Å². The number of carbonyl (C=O) groups excluding carboxylic acids is 4. The fraction of sp³-hybridized carbons (Fsp3) is 0.733. The number of cyclic esters (lactones) is 4. The van der Waals surface area contributed by atoms with Crippen molar-refractivity contribution in [3.05, 3.63) is 0 Å². The normalized spacial score (nSPS) is 38.8. The Kier molecular flexibility index (Phi) is 3.15. The maximum Gasteiger partial charge on any atom is 0.317 e. The molecule has 6 heteroatoms. The van der Waals surface area contributed by atoms with Crippen LogP contribution in [0.1, 0.15) is 39.5 Å². The molecule has 6 nitrogen and oxygen atoms in total. The van der Waals surface area contributed by atoms with Gasteiger partial charge in [0, 0.05) is 0 Å². The van der Waals surface area contributed by atoms with E-state index in [1.165, 1.54) is 0 Å². The summed E-state index contributed by atoms with van der Waals surface area (Å²) in [6, 6.07) is 0. The summed E-state index contributed by atoms with van der Waals surface area (Å²) in [4.78, 5) is 47.4. The fourth-order valence-electron chi connectivity index (χ4n) is 3.88. The van der Waals surface area contributed by atoms with Gasteiger partial charge in [0.2, 0.25) is 0 Å². The highest BCUT2D eigenvalue weighted by atomic mass is 16.6. The fourth-order valence-corrected chi connectivity index (χ4v) is 3.88. The summed E-state index contributed by atoms with van der Waals surface area (Å²) in [7, 11) is 0. The van der Waals surface area contributed by atoms with Gasteiger partial charge in [-0.1, -0.05) is 13.8 Å². The molecule has 21 heavy (non-hydrogen) atoms. The third-order valence-electron chi connectivity index (χ3n) is 4.92. The minimum atomic E-state index is -0.503. The maximum atomic E-state index is 11.9. The van der Waals surface area contributed by atoms with Gasteiger partial charge >= 0.3 is 23.9 Å². The lowest BCUT2D eigenvalue weighted by Crippen LogP contribution is -2.27. The zero-order valence-corrected chi connectivity index (χ0v) is 12.1. The summed E-state index contributed by atoms with van der Waals surface area (Å²) >= 11 is 0. The highest BCUT2D eigenvalue weighted by Crippen LogP contribution is 2.46. The number of carbonyl (C=O) groups is 4. The number of rotatable bonds is 0. The lowest BCUT2D eigenvalue weighted by molar-refractivity contribution is -0.156. The van der Waals surface area contributed by atoms with E-state index in [1.807, 2.05) is 13.8 Å². The molecule has 0 spiro atoms. The number of esters is 4. The van der Waals surface area contributed by atoms with E-state index in [0.717, 1.165) is 0 Å². The van der Waals surface area contributed by atoms with Gasteiger partial charge in [-0.25, -0.2) is 0 Å². The predicted molar refractivity (Wildman–Crippen MR) is 68.4 cm³/mol. The SMILES string of the molecule is CC1(C)CC2C(=O)OC(=O)C2CCC2C(=O)OC(=O)C2C1. The number of hydrogen-bond donors (Lipinski definition) is 0. The molecule has 0 aromatic heterocycles. The number of fused-ring (bicyclic) bond motifs is 2. The van der Waals surface area contributed by atoms with E-state index in [-0.39, 0.29) is 5.41 Å². The molecule has 2 saturated heterocycles. The van der Waals surface area contributed by atoms with Gasteiger partial charge in [0.05, 0.1) is 23.7 Å². The lowest BCUT2D eigenvalue weighted by Gasteiger charge is -2.28. The van der Waals surface area contributed by atoms with E-state index in [9.17, 15) is 19.2 Å². The Balaban J connectivity index is 1.93. The summed E-state index contributed by atoms with van der Waals surface area (Å²) in [6.45, 7) is 3.89. The van der Waals surface area contributed by atoms with E-state index in [0.29, 0.717) is 25.7 Å². The Hall–Kier alpha value is -1.72. The topological polar surface area (TPSA) is 86.7 Å².